The molecule has 0 bridgehead atoms. The first kappa shape index (κ1) is 9.36. The van der Waals surface area contributed by atoms with Crippen molar-refractivity contribution in [2.45, 2.75) is 32.2 Å². The first-order valence-corrected chi connectivity index (χ1v) is 4.63. The topological polar surface area (TPSA) is 29.3 Å². The molecule has 2 nitrogen and oxygen atoms in total. The van der Waals surface area contributed by atoms with Crippen molar-refractivity contribution in [3.05, 3.63) is 0 Å². The summed E-state index contributed by atoms with van der Waals surface area (Å²) in [4.78, 5) is 0. The highest BCUT2D eigenvalue weighted by atomic mass is 32.1. The van der Waals surface area contributed by atoms with E-state index in [4.69, 9.17) is 5.73 Å². The molecule has 0 amide bonds. The molecule has 66 valence electrons. The van der Waals surface area contributed by atoms with Crippen molar-refractivity contribution in [2.75, 3.05) is 13.1 Å². The van der Waals surface area contributed by atoms with Crippen molar-refractivity contribution in [3.8, 4) is 0 Å². The molecule has 0 aromatic carbocycles. The Morgan fingerprint density at radius 3 is 2.18 bits per heavy atom. The minimum absolute atomic E-state index is 0.00492. The Morgan fingerprint density at radius 1 is 1.36 bits per heavy atom. The zero-order valence-electron chi connectivity index (χ0n) is 7.38. The molecule has 0 spiro atoms. The molecular weight excluding hydrogens is 156 g/mol. The third-order valence-corrected chi connectivity index (χ3v) is 2.92. The fourth-order valence-corrected chi connectivity index (χ4v) is 1.84. The van der Waals surface area contributed by atoms with Gasteiger partial charge >= 0.3 is 0 Å². The van der Waals surface area contributed by atoms with Gasteiger partial charge in [0, 0.05) is 18.6 Å². The highest BCUT2D eigenvalue weighted by molar-refractivity contribution is 7.77. The molecule has 11 heavy (non-hydrogen) atoms. The van der Waals surface area contributed by atoms with Crippen LogP contribution in [0.25, 0.3) is 0 Å². The van der Waals surface area contributed by atoms with E-state index in [9.17, 15) is 0 Å². The van der Waals surface area contributed by atoms with Crippen LogP contribution in [0.15, 0.2) is 0 Å². The zero-order chi connectivity index (χ0) is 8.48. The second-order valence-electron chi connectivity index (χ2n) is 4.05. The van der Waals surface area contributed by atoms with Crippen molar-refractivity contribution in [1.29, 1.82) is 0 Å². The standard InChI is InChI=1S/C8H18N2S/c1-8(2,9)7-3-5-10(11)6-4-7/h7,11H,3-6,9H2,1-2H3. The fourth-order valence-electron chi connectivity index (χ4n) is 1.61. The molecule has 1 aliphatic heterocycles. The van der Waals surface area contributed by atoms with Crippen molar-refractivity contribution in [2.24, 2.45) is 11.7 Å². The molecule has 0 unspecified atom stereocenters. The summed E-state index contributed by atoms with van der Waals surface area (Å²) in [5.74, 6) is 0.672. The molecule has 0 saturated carbocycles. The van der Waals surface area contributed by atoms with E-state index in [-0.39, 0.29) is 5.54 Å². The number of hydrogen-bond donors (Lipinski definition) is 2. The van der Waals surface area contributed by atoms with Gasteiger partial charge in [-0.15, -0.1) is 0 Å². The summed E-state index contributed by atoms with van der Waals surface area (Å²) in [5, 5.41) is 0. The number of nitrogens with two attached hydrogens (primary N) is 1. The van der Waals surface area contributed by atoms with E-state index in [1.807, 2.05) is 0 Å². The van der Waals surface area contributed by atoms with Crippen LogP contribution >= 0.6 is 12.8 Å². The van der Waals surface area contributed by atoms with E-state index in [1.165, 1.54) is 12.8 Å². The molecule has 0 aromatic heterocycles. The number of nitrogens with zero attached hydrogens (tertiary/aromatic N) is 1. The summed E-state index contributed by atoms with van der Waals surface area (Å²) in [6.45, 7) is 6.39. The van der Waals surface area contributed by atoms with Gasteiger partial charge in [-0.3, -0.25) is 4.31 Å². The normalized spacial score (nSPS) is 24.0. The van der Waals surface area contributed by atoms with Gasteiger partial charge in [0.1, 0.15) is 0 Å². The van der Waals surface area contributed by atoms with Gasteiger partial charge in [-0.2, -0.15) is 0 Å². The lowest BCUT2D eigenvalue weighted by molar-refractivity contribution is 0.210. The van der Waals surface area contributed by atoms with Gasteiger partial charge in [0.25, 0.3) is 0 Å². The Kier molecular flexibility index (Phi) is 2.84. The van der Waals surface area contributed by atoms with Gasteiger partial charge in [0.15, 0.2) is 0 Å². The smallest absolute Gasteiger partial charge is 0.0126 e. The minimum Gasteiger partial charge on any atom is -0.325 e. The van der Waals surface area contributed by atoms with E-state index in [0.717, 1.165) is 13.1 Å². The van der Waals surface area contributed by atoms with Crippen molar-refractivity contribution >= 4 is 12.8 Å². The average Bonchev–Trinajstić information content (AvgIpc) is 1.86. The lowest BCUT2D eigenvalue weighted by Crippen LogP contribution is -2.45. The summed E-state index contributed by atoms with van der Waals surface area (Å²) in [5.41, 5.74) is 6.01. The van der Waals surface area contributed by atoms with Gasteiger partial charge in [-0.25, -0.2) is 0 Å². The predicted molar refractivity (Wildman–Crippen MR) is 51.5 cm³/mol. The minimum atomic E-state index is -0.00492. The maximum absolute atomic E-state index is 6.01. The van der Waals surface area contributed by atoms with Crippen LogP contribution in [-0.4, -0.2) is 22.9 Å². The van der Waals surface area contributed by atoms with Crippen LogP contribution in [0.5, 0.6) is 0 Å². The van der Waals surface area contributed by atoms with Crippen LogP contribution in [0.1, 0.15) is 26.7 Å². The molecule has 0 aromatic rings. The zero-order valence-corrected chi connectivity index (χ0v) is 8.27. The van der Waals surface area contributed by atoms with Gasteiger partial charge in [0.05, 0.1) is 0 Å². The highest BCUT2D eigenvalue weighted by Crippen LogP contribution is 2.26. The Balaban J connectivity index is 2.39. The number of rotatable bonds is 1. The van der Waals surface area contributed by atoms with Gasteiger partial charge in [-0.1, -0.05) is 12.8 Å². The molecule has 0 radical (unpaired) electrons. The third kappa shape index (κ3) is 2.65. The monoisotopic (exact) mass is 174 g/mol. The van der Waals surface area contributed by atoms with Gasteiger partial charge in [-0.05, 0) is 32.6 Å². The molecule has 0 atom stereocenters. The van der Waals surface area contributed by atoms with Gasteiger partial charge in [0.2, 0.25) is 0 Å². The molecule has 1 aliphatic rings. The highest BCUT2D eigenvalue weighted by Gasteiger charge is 2.28. The van der Waals surface area contributed by atoms with Crippen molar-refractivity contribution in [3.63, 3.8) is 0 Å². The SMILES string of the molecule is CC(C)(N)C1CCN(S)CC1. The average molecular weight is 174 g/mol. The Morgan fingerprint density at radius 2 is 1.82 bits per heavy atom. The maximum Gasteiger partial charge on any atom is 0.0126 e. The molecule has 3 heteroatoms. The largest absolute Gasteiger partial charge is 0.325 e. The molecule has 1 heterocycles. The number of piperidine rings is 1. The first-order chi connectivity index (χ1) is 5.00. The predicted octanol–water partition coefficient (Wildman–Crippen LogP) is 1.28. The summed E-state index contributed by atoms with van der Waals surface area (Å²) in [6.07, 6.45) is 2.38. The quantitative estimate of drug-likeness (QED) is 0.586. The third-order valence-electron chi connectivity index (χ3n) is 2.52. The molecule has 1 rings (SSSR count). The Labute approximate surface area is 74.7 Å². The van der Waals surface area contributed by atoms with Crippen molar-refractivity contribution in [1.82, 2.24) is 4.31 Å². The molecular formula is C8H18N2S. The summed E-state index contributed by atoms with van der Waals surface area (Å²) >= 11 is 4.29. The summed E-state index contributed by atoms with van der Waals surface area (Å²) in [7, 11) is 0. The molecule has 2 N–H and O–H groups in total. The van der Waals surface area contributed by atoms with Crippen LogP contribution in [0.2, 0.25) is 0 Å². The summed E-state index contributed by atoms with van der Waals surface area (Å²) < 4.78 is 2.07. The van der Waals surface area contributed by atoms with Crippen LogP contribution in [-0.2, 0) is 0 Å². The van der Waals surface area contributed by atoms with E-state index in [0.29, 0.717) is 5.92 Å². The molecule has 0 aliphatic carbocycles. The Hall–Kier alpha value is 0.270. The first-order valence-electron chi connectivity index (χ1n) is 4.23. The van der Waals surface area contributed by atoms with E-state index >= 15 is 0 Å². The van der Waals surface area contributed by atoms with Crippen LogP contribution < -0.4 is 5.73 Å². The molecule has 1 saturated heterocycles. The van der Waals surface area contributed by atoms with Crippen LogP contribution in [0.3, 0.4) is 0 Å². The lowest BCUT2D eigenvalue weighted by Gasteiger charge is -2.36. The second-order valence-corrected chi connectivity index (χ2v) is 4.61. The van der Waals surface area contributed by atoms with Crippen molar-refractivity contribution < 1.29 is 0 Å². The number of thiol groups is 1. The summed E-state index contributed by atoms with van der Waals surface area (Å²) in [6, 6.07) is 0. The fraction of sp³-hybridized carbons (Fsp3) is 1.00. The van der Waals surface area contributed by atoms with Gasteiger partial charge < -0.3 is 5.73 Å². The van der Waals surface area contributed by atoms with E-state index in [1.54, 1.807) is 0 Å². The van der Waals surface area contributed by atoms with Crippen LogP contribution in [0.4, 0.5) is 0 Å². The molecule has 1 fully saturated rings. The van der Waals surface area contributed by atoms with E-state index in [2.05, 4.69) is 31.0 Å². The number of hydrogen-bond acceptors (Lipinski definition) is 3. The van der Waals surface area contributed by atoms with Crippen LogP contribution in [0, 0.1) is 5.92 Å². The second kappa shape index (κ2) is 3.33. The Bertz CT molecular complexity index is 123. The maximum atomic E-state index is 6.01. The van der Waals surface area contributed by atoms with E-state index < -0.39 is 0 Å². The lowest BCUT2D eigenvalue weighted by atomic mass is 9.82.